The molecule has 0 amide bonds. The van der Waals surface area contributed by atoms with Crippen LogP contribution in [0.4, 0.5) is 10.1 Å². The molecule has 2 N–H and O–H groups in total. The number of benzene rings is 1. The summed E-state index contributed by atoms with van der Waals surface area (Å²) >= 11 is 0. The van der Waals surface area contributed by atoms with Crippen molar-refractivity contribution >= 4 is 5.69 Å². The largest absolute Gasteiger partial charge is 0.396 e. The lowest BCUT2D eigenvalue weighted by Crippen LogP contribution is -2.33. The Balaban J connectivity index is 2.05. The number of hydrogen-bond acceptors (Lipinski definition) is 2. The quantitative estimate of drug-likeness (QED) is 0.779. The van der Waals surface area contributed by atoms with Gasteiger partial charge in [0.1, 0.15) is 5.82 Å². The third kappa shape index (κ3) is 2.53. The second kappa shape index (κ2) is 4.83. The zero-order chi connectivity index (χ0) is 11.5. The number of anilines is 1. The van der Waals surface area contributed by atoms with Crippen molar-refractivity contribution in [2.75, 3.05) is 18.8 Å². The van der Waals surface area contributed by atoms with Crippen LogP contribution in [0.1, 0.15) is 25.3 Å². The topological polar surface area (TPSA) is 29.3 Å². The van der Waals surface area contributed by atoms with Crippen molar-refractivity contribution in [1.29, 1.82) is 0 Å². The molecule has 1 saturated heterocycles. The molecule has 0 spiro atoms. The van der Waals surface area contributed by atoms with Gasteiger partial charge in [-0.15, -0.1) is 0 Å². The Morgan fingerprint density at radius 2 is 2.31 bits per heavy atom. The smallest absolute Gasteiger partial charge is 0.146 e. The van der Waals surface area contributed by atoms with E-state index in [0.717, 1.165) is 31.1 Å². The van der Waals surface area contributed by atoms with E-state index in [1.54, 1.807) is 6.07 Å². The molecule has 0 saturated carbocycles. The molecular formula is C13H19FN2. The van der Waals surface area contributed by atoms with Gasteiger partial charge in [0.15, 0.2) is 0 Å². The molecule has 0 radical (unpaired) electrons. The van der Waals surface area contributed by atoms with Crippen molar-refractivity contribution in [3.05, 3.63) is 29.6 Å². The number of para-hydroxylation sites is 1. The van der Waals surface area contributed by atoms with Gasteiger partial charge < -0.3 is 5.73 Å². The molecule has 0 aliphatic carbocycles. The first kappa shape index (κ1) is 11.4. The first-order valence-corrected chi connectivity index (χ1v) is 5.92. The van der Waals surface area contributed by atoms with Gasteiger partial charge in [0, 0.05) is 13.1 Å². The van der Waals surface area contributed by atoms with Crippen LogP contribution >= 0.6 is 0 Å². The highest BCUT2D eigenvalue weighted by Gasteiger charge is 2.17. The fourth-order valence-electron chi connectivity index (χ4n) is 2.39. The number of hydrogen-bond donors (Lipinski definition) is 1. The lowest BCUT2D eigenvalue weighted by molar-refractivity contribution is 0.177. The lowest BCUT2D eigenvalue weighted by atomic mass is 9.99. The van der Waals surface area contributed by atoms with E-state index >= 15 is 0 Å². The molecule has 1 aromatic rings. The van der Waals surface area contributed by atoms with Gasteiger partial charge in [-0.3, -0.25) is 4.90 Å². The molecular weight excluding hydrogens is 203 g/mol. The third-order valence-corrected chi connectivity index (χ3v) is 3.28. The normalized spacial score (nSPS) is 22.2. The molecule has 2 nitrogen and oxygen atoms in total. The summed E-state index contributed by atoms with van der Waals surface area (Å²) in [6, 6.07) is 5.06. The first-order valence-electron chi connectivity index (χ1n) is 5.92. The summed E-state index contributed by atoms with van der Waals surface area (Å²) in [5, 5.41) is 0. The standard InChI is InChI=1S/C13H19FN2/c1-10-4-3-7-16(8-10)9-11-5-2-6-12(14)13(11)15/h2,5-6,10H,3-4,7-9,15H2,1H3. The molecule has 1 aliphatic heterocycles. The van der Waals surface area contributed by atoms with E-state index in [1.807, 2.05) is 6.07 Å². The van der Waals surface area contributed by atoms with E-state index < -0.39 is 0 Å². The van der Waals surface area contributed by atoms with Crippen LogP contribution in [-0.2, 0) is 6.54 Å². The second-order valence-corrected chi connectivity index (χ2v) is 4.80. The van der Waals surface area contributed by atoms with Crippen LogP contribution in [0.2, 0.25) is 0 Å². The van der Waals surface area contributed by atoms with Crippen LogP contribution in [-0.4, -0.2) is 18.0 Å². The first-order chi connectivity index (χ1) is 7.66. The molecule has 1 unspecified atom stereocenters. The average Bonchev–Trinajstić information content (AvgIpc) is 2.25. The lowest BCUT2D eigenvalue weighted by Gasteiger charge is -2.31. The van der Waals surface area contributed by atoms with Crippen molar-refractivity contribution in [3.63, 3.8) is 0 Å². The Morgan fingerprint density at radius 3 is 3.06 bits per heavy atom. The van der Waals surface area contributed by atoms with Crippen LogP contribution in [0.25, 0.3) is 0 Å². The summed E-state index contributed by atoms with van der Waals surface area (Å²) in [6.07, 6.45) is 2.53. The zero-order valence-electron chi connectivity index (χ0n) is 9.75. The summed E-state index contributed by atoms with van der Waals surface area (Å²) in [7, 11) is 0. The third-order valence-electron chi connectivity index (χ3n) is 3.28. The SMILES string of the molecule is CC1CCCN(Cc2cccc(F)c2N)C1. The van der Waals surface area contributed by atoms with Crippen molar-refractivity contribution in [1.82, 2.24) is 4.90 Å². The van der Waals surface area contributed by atoms with E-state index in [9.17, 15) is 4.39 Å². The molecule has 1 aliphatic rings. The maximum absolute atomic E-state index is 13.3. The minimum Gasteiger partial charge on any atom is -0.396 e. The molecule has 0 aromatic heterocycles. The molecule has 1 atom stereocenters. The van der Waals surface area contributed by atoms with E-state index in [4.69, 9.17) is 5.73 Å². The minimum absolute atomic E-state index is 0.303. The Labute approximate surface area is 96.2 Å². The zero-order valence-corrected chi connectivity index (χ0v) is 9.75. The van der Waals surface area contributed by atoms with Crippen LogP contribution in [0.15, 0.2) is 18.2 Å². The van der Waals surface area contributed by atoms with E-state index in [0.29, 0.717) is 5.69 Å². The summed E-state index contributed by atoms with van der Waals surface area (Å²) < 4.78 is 13.3. The minimum atomic E-state index is -0.303. The highest BCUT2D eigenvalue weighted by atomic mass is 19.1. The number of nitrogens with two attached hydrogens (primary N) is 1. The van der Waals surface area contributed by atoms with Gasteiger partial charge in [0.05, 0.1) is 5.69 Å². The highest BCUT2D eigenvalue weighted by Crippen LogP contribution is 2.21. The second-order valence-electron chi connectivity index (χ2n) is 4.80. The fourth-order valence-corrected chi connectivity index (χ4v) is 2.39. The molecule has 16 heavy (non-hydrogen) atoms. The predicted octanol–water partition coefficient (Wildman–Crippen LogP) is 2.64. The Bertz CT molecular complexity index is 365. The maximum atomic E-state index is 13.3. The molecule has 0 bridgehead atoms. The van der Waals surface area contributed by atoms with E-state index in [1.165, 1.54) is 18.9 Å². The number of likely N-dealkylation sites (tertiary alicyclic amines) is 1. The van der Waals surface area contributed by atoms with Crippen molar-refractivity contribution in [3.8, 4) is 0 Å². The van der Waals surface area contributed by atoms with E-state index in [2.05, 4.69) is 11.8 Å². The monoisotopic (exact) mass is 222 g/mol. The molecule has 88 valence electrons. The number of rotatable bonds is 2. The maximum Gasteiger partial charge on any atom is 0.146 e. The van der Waals surface area contributed by atoms with Crippen molar-refractivity contribution < 1.29 is 4.39 Å². The predicted molar refractivity (Wildman–Crippen MR) is 64.5 cm³/mol. The summed E-state index contributed by atoms with van der Waals surface area (Å²) in [5.41, 5.74) is 6.95. The van der Waals surface area contributed by atoms with Gasteiger partial charge >= 0.3 is 0 Å². The fraction of sp³-hybridized carbons (Fsp3) is 0.538. The van der Waals surface area contributed by atoms with Gasteiger partial charge in [-0.25, -0.2) is 4.39 Å². The number of piperidine rings is 1. The molecule has 1 aromatic carbocycles. The molecule has 3 heteroatoms. The Morgan fingerprint density at radius 1 is 1.50 bits per heavy atom. The van der Waals surface area contributed by atoms with E-state index in [-0.39, 0.29) is 5.82 Å². The number of nitrogens with zero attached hydrogens (tertiary/aromatic N) is 1. The van der Waals surface area contributed by atoms with Gasteiger partial charge in [0.25, 0.3) is 0 Å². The van der Waals surface area contributed by atoms with Crippen molar-refractivity contribution in [2.45, 2.75) is 26.3 Å². The Kier molecular flexibility index (Phi) is 3.44. The summed E-state index contributed by atoms with van der Waals surface area (Å²) in [4.78, 5) is 2.36. The summed E-state index contributed by atoms with van der Waals surface area (Å²) in [5.74, 6) is 0.436. The van der Waals surface area contributed by atoms with Crippen LogP contribution in [0.3, 0.4) is 0 Å². The van der Waals surface area contributed by atoms with Crippen molar-refractivity contribution in [2.24, 2.45) is 5.92 Å². The number of halogens is 1. The van der Waals surface area contributed by atoms with Crippen LogP contribution in [0.5, 0.6) is 0 Å². The average molecular weight is 222 g/mol. The number of nitrogen functional groups attached to an aromatic ring is 1. The summed E-state index contributed by atoms with van der Waals surface area (Å²) in [6.45, 7) is 5.23. The van der Waals surface area contributed by atoms with Gasteiger partial charge in [-0.1, -0.05) is 19.1 Å². The van der Waals surface area contributed by atoms with Crippen LogP contribution < -0.4 is 5.73 Å². The highest BCUT2D eigenvalue weighted by molar-refractivity contribution is 5.47. The van der Waals surface area contributed by atoms with Gasteiger partial charge in [-0.2, -0.15) is 0 Å². The molecule has 1 fully saturated rings. The molecule has 2 rings (SSSR count). The Hall–Kier alpha value is -1.09. The van der Waals surface area contributed by atoms with Gasteiger partial charge in [0.2, 0.25) is 0 Å². The van der Waals surface area contributed by atoms with Gasteiger partial charge in [-0.05, 0) is 36.9 Å². The molecule has 1 heterocycles. The van der Waals surface area contributed by atoms with Crippen LogP contribution in [0, 0.1) is 11.7 Å².